The smallest absolute Gasteiger partial charge is 0.262 e. The molecule has 0 aliphatic carbocycles. The topological polar surface area (TPSA) is 87.6 Å². The van der Waals surface area contributed by atoms with Crippen LogP contribution in [0.1, 0.15) is 21.5 Å². The summed E-state index contributed by atoms with van der Waals surface area (Å²) in [6.07, 6.45) is 0. The van der Waals surface area contributed by atoms with E-state index in [-0.39, 0.29) is 10.8 Å². The lowest BCUT2D eigenvalue weighted by Gasteiger charge is -2.11. The number of amides is 1. The summed E-state index contributed by atoms with van der Waals surface area (Å²) in [5, 5.41) is 3.36. The second kappa shape index (κ2) is 7.51. The predicted molar refractivity (Wildman–Crippen MR) is 105 cm³/mol. The van der Waals surface area contributed by atoms with E-state index in [1.807, 2.05) is 13.0 Å². The first-order chi connectivity index (χ1) is 12.3. The van der Waals surface area contributed by atoms with Crippen LogP contribution in [0, 0.1) is 13.8 Å². The molecule has 1 heterocycles. The highest BCUT2D eigenvalue weighted by Crippen LogP contribution is 2.21. The van der Waals surface area contributed by atoms with E-state index < -0.39 is 10.0 Å². The van der Waals surface area contributed by atoms with Gasteiger partial charge in [0.05, 0.1) is 11.4 Å². The van der Waals surface area contributed by atoms with Crippen molar-refractivity contribution in [2.75, 3.05) is 17.0 Å². The Morgan fingerprint density at radius 1 is 1.12 bits per heavy atom. The lowest BCUT2D eigenvalue weighted by Crippen LogP contribution is -2.27. The minimum atomic E-state index is -3.69. The quantitative estimate of drug-likeness (QED) is 0.842. The van der Waals surface area contributed by atoms with Gasteiger partial charge in [-0.25, -0.2) is 8.42 Å². The Hall–Kier alpha value is -2.32. The van der Waals surface area contributed by atoms with Crippen molar-refractivity contribution in [1.29, 1.82) is 0 Å². The van der Waals surface area contributed by atoms with Gasteiger partial charge in [0.2, 0.25) is 0 Å². The maximum absolute atomic E-state index is 12.6. The highest BCUT2D eigenvalue weighted by Gasteiger charge is 2.18. The highest BCUT2D eigenvalue weighted by atomic mass is 32.2. The van der Waals surface area contributed by atoms with Crippen molar-refractivity contribution in [3.8, 4) is 0 Å². The molecule has 1 amide bonds. The lowest BCUT2D eigenvalue weighted by atomic mass is 10.2. The van der Waals surface area contributed by atoms with Crippen molar-refractivity contribution < 1.29 is 13.2 Å². The normalized spacial score (nSPS) is 14.0. The average Bonchev–Trinajstić information content (AvgIpc) is 3.10. The summed E-state index contributed by atoms with van der Waals surface area (Å²) in [6, 6.07) is 11.6. The van der Waals surface area contributed by atoms with E-state index in [0.717, 1.165) is 11.3 Å². The fourth-order valence-electron chi connectivity index (χ4n) is 2.48. The number of thioether (sulfide) groups is 1. The molecule has 0 radical (unpaired) electrons. The Morgan fingerprint density at radius 3 is 2.50 bits per heavy atom. The number of rotatable bonds is 4. The van der Waals surface area contributed by atoms with Crippen LogP contribution in [0.2, 0.25) is 0 Å². The Labute approximate surface area is 157 Å². The van der Waals surface area contributed by atoms with E-state index in [2.05, 4.69) is 15.0 Å². The molecule has 26 heavy (non-hydrogen) atoms. The third-order valence-corrected chi connectivity index (χ3v) is 6.25. The van der Waals surface area contributed by atoms with Gasteiger partial charge in [-0.1, -0.05) is 23.9 Å². The fourth-order valence-corrected chi connectivity index (χ4v) is 4.59. The van der Waals surface area contributed by atoms with Crippen LogP contribution in [-0.2, 0) is 10.0 Å². The number of carbonyl (C=O) groups excluding carboxylic acids is 1. The van der Waals surface area contributed by atoms with Crippen molar-refractivity contribution >= 4 is 38.5 Å². The maximum Gasteiger partial charge on any atom is 0.262 e. The monoisotopic (exact) mass is 389 g/mol. The first-order valence-electron chi connectivity index (χ1n) is 8.04. The summed E-state index contributed by atoms with van der Waals surface area (Å²) in [7, 11) is -3.69. The second-order valence-corrected chi connectivity index (χ2v) is 8.68. The largest absolute Gasteiger partial charge is 0.301 e. The van der Waals surface area contributed by atoms with Gasteiger partial charge in [0.1, 0.15) is 0 Å². The number of anilines is 1. The van der Waals surface area contributed by atoms with Gasteiger partial charge >= 0.3 is 0 Å². The number of amidine groups is 1. The molecule has 0 fully saturated rings. The van der Waals surface area contributed by atoms with Crippen LogP contribution in [0.25, 0.3) is 0 Å². The van der Waals surface area contributed by atoms with E-state index in [9.17, 15) is 13.2 Å². The molecular weight excluding hydrogens is 370 g/mol. The van der Waals surface area contributed by atoms with Gasteiger partial charge in [-0.2, -0.15) is 0 Å². The zero-order valence-electron chi connectivity index (χ0n) is 14.4. The van der Waals surface area contributed by atoms with Gasteiger partial charge in [-0.05, 0) is 55.3 Å². The fraction of sp³-hybridized carbons (Fsp3) is 0.222. The standard InChI is InChI=1S/C18H19N3O3S2/c1-12-3-4-13(2)16(11-12)26(23,24)21-15-7-5-14(6-8-15)17(22)20-18-19-9-10-25-18/h3-8,11,21H,9-10H2,1-2H3,(H,19,20,22). The first kappa shape index (κ1) is 18.5. The molecule has 0 unspecified atom stereocenters. The molecule has 3 rings (SSSR count). The maximum atomic E-state index is 12.6. The van der Waals surface area contributed by atoms with Crippen LogP contribution in [0.4, 0.5) is 5.69 Å². The molecule has 0 bridgehead atoms. The van der Waals surface area contributed by atoms with Crippen LogP contribution in [0.15, 0.2) is 52.4 Å². The van der Waals surface area contributed by atoms with Crippen LogP contribution in [0.5, 0.6) is 0 Å². The number of benzene rings is 2. The molecule has 0 spiro atoms. The van der Waals surface area contributed by atoms with Gasteiger partial charge < -0.3 is 5.32 Å². The summed E-state index contributed by atoms with van der Waals surface area (Å²) in [5.41, 5.74) is 2.38. The number of carbonyl (C=O) groups is 1. The molecule has 2 N–H and O–H groups in total. The van der Waals surface area contributed by atoms with Gasteiger partial charge in [-0.15, -0.1) is 0 Å². The Balaban J connectivity index is 1.74. The van der Waals surface area contributed by atoms with Crippen molar-refractivity contribution in [2.24, 2.45) is 4.99 Å². The zero-order chi connectivity index (χ0) is 18.7. The van der Waals surface area contributed by atoms with Crippen LogP contribution in [-0.4, -0.2) is 31.8 Å². The van der Waals surface area contributed by atoms with Crippen molar-refractivity contribution in [1.82, 2.24) is 5.32 Å². The van der Waals surface area contributed by atoms with Crippen molar-refractivity contribution in [3.05, 3.63) is 59.2 Å². The summed E-state index contributed by atoms with van der Waals surface area (Å²) in [5.74, 6) is 0.608. The van der Waals surface area contributed by atoms with E-state index in [1.165, 1.54) is 11.8 Å². The number of aryl methyl sites for hydroxylation is 2. The lowest BCUT2D eigenvalue weighted by molar-refractivity contribution is 0.0978. The SMILES string of the molecule is Cc1ccc(C)c(S(=O)(=O)Nc2ccc(C(=O)NC3=NCCS3)cc2)c1. The average molecular weight is 390 g/mol. The minimum absolute atomic E-state index is 0.246. The van der Waals surface area contributed by atoms with Crippen LogP contribution < -0.4 is 10.0 Å². The number of nitrogens with one attached hydrogen (secondary N) is 2. The van der Waals surface area contributed by atoms with E-state index in [4.69, 9.17) is 0 Å². The number of sulfonamides is 1. The molecule has 8 heteroatoms. The molecule has 0 saturated carbocycles. The summed E-state index contributed by atoms with van der Waals surface area (Å²) in [4.78, 5) is 16.6. The minimum Gasteiger partial charge on any atom is -0.301 e. The van der Waals surface area contributed by atoms with Crippen molar-refractivity contribution in [3.63, 3.8) is 0 Å². The zero-order valence-corrected chi connectivity index (χ0v) is 16.1. The Morgan fingerprint density at radius 2 is 1.85 bits per heavy atom. The molecule has 0 saturated heterocycles. The van der Waals surface area contributed by atoms with Crippen LogP contribution in [0.3, 0.4) is 0 Å². The molecule has 2 aromatic carbocycles. The third kappa shape index (κ3) is 4.25. The molecule has 0 atom stereocenters. The third-order valence-electron chi connectivity index (χ3n) is 3.84. The summed E-state index contributed by atoms with van der Waals surface area (Å²) in [6.45, 7) is 4.31. The highest BCUT2D eigenvalue weighted by molar-refractivity contribution is 8.14. The summed E-state index contributed by atoms with van der Waals surface area (Å²) < 4.78 is 27.8. The van der Waals surface area contributed by atoms with Crippen molar-refractivity contribution in [2.45, 2.75) is 18.7 Å². The molecule has 6 nitrogen and oxygen atoms in total. The first-order valence-corrected chi connectivity index (χ1v) is 10.5. The predicted octanol–water partition coefficient (Wildman–Crippen LogP) is 2.94. The number of hydrogen-bond acceptors (Lipinski definition) is 5. The molecule has 1 aliphatic heterocycles. The van der Waals surface area contributed by atoms with Gasteiger partial charge in [-0.3, -0.25) is 14.5 Å². The molecular formula is C18H19N3O3S2. The van der Waals surface area contributed by atoms with E-state index in [0.29, 0.717) is 28.5 Å². The number of nitrogens with zero attached hydrogens (tertiary/aromatic N) is 1. The molecule has 1 aliphatic rings. The van der Waals surface area contributed by atoms with Crippen LogP contribution >= 0.6 is 11.8 Å². The number of aliphatic imine (C=N–C) groups is 1. The van der Waals surface area contributed by atoms with Gasteiger partial charge in [0, 0.05) is 17.0 Å². The summed E-state index contributed by atoms with van der Waals surface area (Å²) >= 11 is 1.50. The number of hydrogen-bond donors (Lipinski definition) is 2. The van der Waals surface area contributed by atoms with Gasteiger partial charge in [0.25, 0.3) is 15.9 Å². The molecule has 0 aromatic heterocycles. The molecule has 136 valence electrons. The second-order valence-electron chi connectivity index (χ2n) is 5.94. The Kier molecular flexibility index (Phi) is 5.33. The van der Waals surface area contributed by atoms with Gasteiger partial charge in [0.15, 0.2) is 5.17 Å². The van der Waals surface area contributed by atoms with E-state index in [1.54, 1.807) is 43.3 Å². The van der Waals surface area contributed by atoms with E-state index >= 15 is 0 Å². The molecule has 2 aromatic rings. The Bertz CT molecular complexity index is 968.